The van der Waals surface area contributed by atoms with Gasteiger partial charge in [-0.2, -0.15) is 0 Å². The van der Waals surface area contributed by atoms with Crippen molar-refractivity contribution in [1.29, 1.82) is 0 Å². The fraction of sp³-hybridized carbons (Fsp3) is 0.462. The zero-order chi connectivity index (χ0) is 12.3. The van der Waals surface area contributed by atoms with E-state index in [0.29, 0.717) is 6.42 Å². The molecule has 1 amide bonds. The average Bonchev–Trinajstić information content (AvgIpc) is 2.28. The van der Waals surface area contributed by atoms with Crippen LogP contribution in [0.1, 0.15) is 18.4 Å². The lowest BCUT2D eigenvalue weighted by molar-refractivity contribution is -0.121. The van der Waals surface area contributed by atoms with E-state index in [0.717, 1.165) is 24.2 Å². The first kappa shape index (κ1) is 11.9. The van der Waals surface area contributed by atoms with Gasteiger partial charge >= 0.3 is 0 Å². The number of nitrogens with two attached hydrogens (primary N) is 1. The highest BCUT2D eigenvalue weighted by Gasteiger charge is 2.26. The fourth-order valence-corrected chi connectivity index (χ4v) is 1.99. The monoisotopic (exact) mass is 234 g/mol. The van der Waals surface area contributed by atoms with Crippen molar-refractivity contribution in [1.82, 2.24) is 5.32 Å². The maximum Gasteiger partial charge on any atom is 0.224 e. The molecule has 1 aliphatic rings. The highest BCUT2D eigenvalue weighted by atomic mass is 16.5. The number of benzene rings is 1. The summed E-state index contributed by atoms with van der Waals surface area (Å²) < 4.78 is 5.06. The molecule has 17 heavy (non-hydrogen) atoms. The second-order valence-corrected chi connectivity index (χ2v) is 4.52. The lowest BCUT2D eigenvalue weighted by Crippen LogP contribution is -2.50. The Balaban J connectivity index is 1.81. The first-order valence-corrected chi connectivity index (χ1v) is 5.85. The zero-order valence-corrected chi connectivity index (χ0v) is 9.98. The lowest BCUT2D eigenvalue weighted by Gasteiger charge is -2.32. The zero-order valence-electron chi connectivity index (χ0n) is 9.98. The van der Waals surface area contributed by atoms with Gasteiger partial charge < -0.3 is 15.8 Å². The van der Waals surface area contributed by atoms with Crippen molar-refractivity contribution < 1.29 is 9.53 Å². The Morgan fingerprint density at radius 2 is 2.06 bits per heavy atom. The molecule has 0 aliphatic heterocycles. The Labute approximate surface area is 101 Å². The second-order valence-electron chi connectivity index (χ2n) is 4.52. The van der Waals surface area contributed by atoms with Crippen molar-refractivity contribution in [2.45, 2.75) is 31.3 Å². The largest absolute Gasteiger partial charge is 0.497 e. The Kier molecular flexibility index (Phi) is 3.64. The summed E-state index contributed by atoms with van der Waals surface area (Å²) in [7, 11) is 1.63. The molecular formula is C13H18N2O2. The Bertz CT molecular complexity index is 383. The molecule has 0 aromatic heterocycles. The van der Waals surface area contributed by atoms with Crippen LogP contribution >= 0.6 is 0 Å². The Morgan fingerprint density at radius 1 is 1.41 bits per heavy atom. The molecule has 0 bridgehead atoms. The molecule has 0 atom stereocenters. The Morgan fingerprint density at radius 3 is 2.59 bits per heavy atom. The number of hydrogen-bond donors (Lipinski definition) is 2. The van der Waals surface area contributed by atoms with Crippen LogP contribution in [0.4, 0.5) is 0 Å². The Hall–Kier alpha value is -1.55. The number of carbonyl (C=O) groups is 1. The minimum absolute atomic E-state index is 0.0621. The highest BCUT2D eigenvalue weighted by molar-refractivity contribution is 5.79. The number of carbonyl (C=O) groups excluding carboxylic acids is 1. The van der Waals surface area contributed by atoms with Crippen molar-refractivity contribution in [3.05, 3.63) is 29.8 Å². The summed E-state index contributed by atoms with van der Waals surface area (Å²) in [6.07, 6.45) is 2.21. The molecule has 1 aromatic rings. The van der Waals surface area contributed by atoms with Gasteiger partial charge in [-0.3, -0.25) is 4.79 Å². The molecule has 4 heteroatoms. The van der Waals surface area contributed by atoms with E-state index >= 15 is 0 Å². The van der Waals surface area contributed by atoms with E-state index in [4.69, 9.17) is 10.5 Å². The quantitative estimate of drug-likeness (QED) is 0.811. The van der Waals surface area contributed by atoms with Gasteiger partial charge in [0.05, 0.1) is 13.5 Å². The van der Waals surface area contributed by atoms with Crippen molar-refractivity contribution in [3.8, 4) is 5.75 Å². The molecular weight excluding hydrogens is 216 g/mol. The third-order valence-corrected chi connectivity index (χ3v) is 3.06. The van der Waals surface area contributed by atoms with Gasteiger partial charge in [0, 0.05) is 12.1 Å². The van der Waals surface area contributed by atoms with Gasteiger partial charge in [-0.1, -0.05) is 12.1 Å². The van der Waals surface area contributed by atoms with E-state index in [-0.39, 0.29) is 18.0 Å². The van der Waals surface area contributed by atoms with E-state index in [1.807, 2.05) is 24.3 Å². The summed E-state index contributed by atoms with van der Waals surface area (Å²) in [6, 6.07) is 8.08. The van der Waals surface area contributed by atoms with E-state index in [1.165, 1.54) is 0 Å². The number of rotatable bonds is 4. The van der Waals surface area contributed by atoms with Gasteiger partial charge in [0.15, 0.2) is 0 Å². The first-order chi connectivity index (χ1) is 8.17. The average molecular weight is 234 g/mol. The minimum atomic E-state index is 0.0621. The SMILES string of the molecule is COc1ccc(CC(=O)NC2CC(N)C2)cc1. The van der Waals surface area contributed by atoms with Gasteiger partial charge in [0.1, 0.15) is 5.75 Å². The van der Waals surface area contributed by atoms with Crippen LogP contribution in [-0.4, -0.2) is 25.1 Å². The first-order valence-electron chi connectivity index (χ1n) is 5.85. The van der Waals surface area contributed by atoms with Crippen molar-refractivity contribution in [2.75, 3.05) is 7.11 Å². The summed E-state index contributed by atoms with van der Waals surface area (Å²) in [5, 5.41) is 2.97. The minimum Gasteiger partial charge on any atom is -0.497 e. The van der Waals surface area contributed by atoms with Crippen LogP contribution in [0, 0.1) is 0 Å². The number of hydrogen-bond acceptors (Lipinski definition) is 3. The van der Waals surface area contributed by atoms with Crippen LogP contribution in [0.25, 0.3) is 0 Å². The fourth-order valence-electron chi connectivity index (χ4n) is 1.99. The standard InChI is InChI=1S/C13H18N2O2/c1-17-12-4-2-9(3-5-12)6-13(16)15-11-7-10(14)8-11/h2-5,10-11H,6-8,14H2,1H3,(H,15,16). The summed E-state index contributed by atoms with van der Waals surface area (Å²) in [6.45, 7) is 0. The number of nitrogens with one attached hydrogen (secondary N) is 1. The molecule has 0 radical (unpaired) electrons. The maximum absolute atomic E-state index is 11.7. The van der Waals surface area contributed by atoms with Gasteiger partial charge in [-0.05, 0) is 30.5 Å². The summed E-state index contributed by atoms with van der Waals surface area (Å²) >= 11 is 0. The summed E-state index contributed by atoms with van der Waals surface area (Å²) in [4.78, 5) is 11.7. The van der Waals surface area contributed by atoms with Crippen LogP contribution in [0.2, 0.25) is 0 Å². The molecule has 0 unspecified atom stereocenters. The van der Waals surface area contributed by atoms with E-state index in [9.17, 15) is 4.79 Å². The predicted octanol–water partition coefficient (Wildman–Crippen LogP) is 0.844. The molecule has 3 N–H and O–H groups in total. The summed E-state index contributed by atoms with van der Waals surface area (Å²) in [5.41, 5.74) is 6.66. The molecule has 0 heterocycles. The third-order valence-electron chi connectivity index (χ3n) is 3.06. The van der Waals surface area contributed by atoms with Crippen LogP contribution in [0.5, 0.6) is 5.75 Å². The van der Waals surface area contributed by atoms with E-state index < -0.39 is 0 Å². The number of methoxy groups -OCH3 is 1. The smallest absolute Gasteiger partial charge is 0.224 e. The highest BCUT2D eigenvalue weighted by Crippen LogP contribution is 2.17. The van der Waals surface area contributed by atoms with Crippen molar-refractivity contribution in [3.63, 3.8) is 0 Å². The molecule has 1 aliphatic carbocycles. The second kappa shape index (κ2) is 5.19. The number of amides is 1. The molecule has 1 saturated carbocycles. The number of ether oxygens (including phenoxy) is 1. The topological polar surface area (TPSA) is 64.3 Å². The van der Waals surface area contributed by atoms with Crippen molar-refractivity contribution in [2.24, 2.45) is 5.73 Å². The lowest BCUT2D eigenvalue weighted by atomic mass is 9.87. The van der Waals surface area contributed by atoms with Crippen molar-refractivity contribution >= 4 is 5.91 Å². The molecule has 4 nitrogen and oxygen atoms in total. The predicted molar refractivity (Wildman–Crippen MR) is 65.8 cm³/mol. The summed E-state index contributed by atoms with van der Waals surface area (Å²) in [5.74, 6) is 0.867. The molecule has 0 spiro atoms. The van der Waals surface area contributed by atoms with Crippen LogP contribution in [0.3, 0.4) is 0 Å². The third kappa shape index (κ3) is 3.20. The van der Waals surface area contributed by atoms with Gasteiger partial charge in [0.25, 0.3) is 0 Å². The van der Waals surface area contributed by atoms with Crippen LogP contribution < -0.4 is 15.8 Å². The van der Waals surface area contributed by atoms with Gasteiger partial charge in [-0.25, -0.2) is 0 Å². The van der Waals surface area contributed by atoms with Gasteiger partial charge in [-0.15, -0.1) is 0 Å². The van der Waals surface area contributed by atoms with E-state index in [2.05, 4.69) is 5.32 Å². The molecule has 2 rings (SSSR count). The molecule has 1 aromatic carbocycles. The maximum atomic E-state index is 11.7. The van der Waals surface area contributed by atoms with E-state index in [1.54, 1.807) is 7.11 Å². The molecule has 1 fully saturated rings. The normalized spacial score (nSPS) is 22.7. The van der Waals surface area contributed by atoms with Crippen LogP contribution in [-0.2, 0) is 11.2 Å². The molecule has 92 valence electrons. The van der Waals surface area contributed by atoms with Crippen LogP contribution in [0.15, 0.2) is 24.3 Å². The molecule has 0 saturated heterocycles. The van der Waals surface area contributed by atoms with Gasteiger partial charge in [0.2, 0.25) is 5.91 Å².